The fraction of sp³-hybridized carbons (Fsp3) is 0.417. The highest BCUT2D eigenvalue weighted by molar-refractivity contribution is 5.76. The second-order valence-electron chi connectivity index (χ2n) is 4.48. The van der Waals surface area contributed by atoms with Crippen molar-refractivity contribution >= 4 is 11.7 Å². The topological polar surface area (TPSA) is 80.4 Å². The Kier molecular flexibility index (Phi) is 4.36. The SMILES string of the molecule is CC(C)CC(C(=O)O)c1ccc([N+](=O)[O-])cc1F. The van der Waals surface area contributed by atoms with Gasteiger partial charge in [-0.25, -0.2) is 4.39 Å². The molecule has 0 spiro atoms. The van der Waals surface area contributed by atoms with Crippen LogP contribution in [0.5, 0.6) is 0 Å². The normalized spacial score (nSPS) is 12.4. The number of benzene rings is 1. The molecule has 1 unspecified atom stereocenters. The second-order valence-corrected chi connectivity index (χ2v) is 4.48. The fourth-order valence-corrected chi connectivity index (χ4v) is 1.74. The second kappa shape index (κ2) is 5.57. The molecule has 1 rings (SSSR count). The number of hydrogen-bond acceptors (Lipinski definition) is 3. The van der Waals surface area contributed by atoms with E-state index >= 15 is 0 Å². The van der Waals surface area contributed by atoms with E-state index in [1.807, 2.05) is 13.8 Å². The Morgan fingerprint density at radius 3 is 2.50 bits per heavy atom. The number of rotatable bonds is 5. The number of non-ortho nitro benzene ring substituents is 1. The molecule has 0 aromatic heterocycles. The quantitative estimate of drug-likeness (QED) is 0.647. The van der Waals surface area contributed by atoms with E-state index in [0.29, 0.717) is 0 Å². The van der Waals surface area contributed by atoms with E-state index < -0.39 is 22.6 Å². The van der Waals surface area contributed by atoms with Crippen molar-refractivity contribution in [3.8, 4) is 0 Å². The van der Waals surface area contributed by atoms with Crippen molar-refractivity contribution in [1.82, 2.24) is 0 Å². The van der Waals surface area contributed by atoms with Gasteiger partial charge in [0.1, 0.15) is 5.82 Å². The summed E-state index contributed by atoms with van der Waals surface area (Å²) in [5.41, 5.74) is -0.397. The molecule has 6 heteroatoms. The third-order valence-corrected chi connectivity index (χ3v) is 2.58. The van der Waals surface area contributed by atoms with Crippen molar-refractivity contribution in [2.45, 2.75) is 26.2 Å². The summed E-state index contributed by atoms with van der Waals surface area (Å²) < 4.78 is 13.7. The van der Waals surface area contributed by atoms with Gasteiger partial charge in [-0.15, -0.1) is 0 Å². The van der Waals surface area contributed by atoms with Crippen LogP contribution < -0.4 is 0 Å². The lowest BCUT2D eigenvalue weighted by Crippen LogP contribution is -2.15. The molecule has 0 aliphatic rings. The Labute approximate surface area is 103 Å². The predicted molar refractivity (Wildman–Crippen MR) is 62.9 cm³/mol. The van der Waals surface area contributed by atoms with Crippen LogP contribution in [0.2, 0.25) is 0 Å². The van der Waals surface area contributed by atoms with Gasteiger partial charge in [-0.1, -0.05) is 13.8 Å². The molecule has 0 radical (unpaired) electrons. The van der Waals surface area contributed by atoms with Crippen LogP contribution in [0.1, 0.15) is 31.7 Å². The zero-order valence-corrected chi connectivity index (χ0v) is 10.1. The molecule has 1 atom stereocenters. The molecule has 0 aliphatic heterocycles. The standard InChI is InChI=1S/C12H14FNO4/c1-7(2)5-10(12(15)16)9-4-3-8(14(17)18)6-11(9)13/h3-4,6-7,10H,5H2,1-2H3,(H,15,16). The monoisotopic (exact) mass is 255 g/mol. The summed E-state index contributed by atoms with van der Waals surface area (Å²) in [6.07, 6.45) is 0.282. The molecule has 98 valence electrons. The predicted octanol–water partition coefficient (Wildman–Crippen LogP) is 2.95. The molecule has 1 N–H and O–H groups in total. The number of carboxylic acid groups (broad SMARTS) is 1. The van der Waals surface area contributed by atoms with Gasteiger partial charge in [0.25, 0.3) is 5.69 Å². The van der Waals surface area contributed by atoms with E-state index in [0.717, 1.165) is 12.1 Å². The van der Waals surface area contributed by atoms with Crippen LogP contribution in [0.25, 0.3) is 0 Å². The molecule has 0 aliphatic carbocycles. The molecule has 5 nitrogen and oxygen atoms in total. The van der Waals surface area contributed by atoms with E-state index in [2.05, 4.69) is 0 Å². The molecule has 0 heterocycles. The van der Waals surface area contributed by atoms with Crippen LogP contribution in [0.4, 0.5) is 10.1 Å². The van der Waals surface area contributed by atoms with Crippen molar-refractivity contribution in [2.24, 2.45) is 5.92 Å². The Bertz CT molecular complexity index is 473. The Balaban J connectivity index is 3.13. The van der Waals surface area contributed by atoms with Crippen LogP contribution in [-0.4, -0.2) is 16.0 Å². The van der Waals surface area contributed by atoms with Gasteiger partial charge in [0, 0.05) is 11.6 Å². The first-order valence-electron chi connectivity index (χ1n) is 5.49. The molecule has 0 bridgehead atoms. The summed E-state index contributed by atoms with van der Waals surface area (Å²) in [5, 5.41) is 19.5. The summed E-state index contributed by atoms with van der Waals surface area (Å²) in [6.45, 7) is 3.67. The average Bonchev–Trinajstić information content (AvgIpc) is 2.25. The Hall–Kier alpha value is -1.98. The molecule has 0 fully saturated rings. The number of carbonyl (C=O) groups is 1. The highest BCUT2D eigenvalue weighted by atomic mass is 19.1. The third-order valence-electron chi connectivity index (χ3n) is 2.58. The lowest BCUT2D eigenvalue weighted by atomic mass is 9.90. The van der Waals surface area contributed by atoms with E-state index in [9.17, 15) is 19.3 Å². The Morgan fingerprint density at radius 1 is 1.50 bits per heavy atom. The number of hydrogen-bond donors (Lipinski definition) is 1. The molecule has 0 amide bonds. The van der Waals surface area contributed by atoms with Crippen LogP contribution in [0, 0.1) is 21.8 Å². The van der Waals surface area contributed by atoms with E-state index in [1.54, 1.807) is 0 Å². The zero-order valence-electron chi connectivity index (χ0n) is 10.1. The molecular weight excluding hydrogens is 241 g/mol. The molecule has 0 saturated carbocycles. The van der Waals surface area contributed by atoms with Gasteiger partial charge in [0.15, 0.2) is 0 Å². The minimum atomic E-state index is -1.13. The number of nitro benzene ring substituents is 1. The number of aliphatic carboxylic acids is 1. The Morgan fingerprint density at radius 2 is 2.11 bits per heavy atom. The summed E-state index contributed by atoms with van der Waals surface area (Å²) in [4.78, 5) is 20.9. The van der Waals surface area contributed by atoms with Gasteiger partial charge in [-0.05, 0) is 18.4 Å². The van der Waals surface area contributed by atoms with Gasteiger partial charge in [0.05, 0.1) is 16.9 Å². The van der Waals surface area contributed by atoms with E-state index in [1.165, 1.54) is 6.07 Å². The smallest absolute Gasteiger partial charge is 0.311 e. The van der Waals surface area contributed by atoms with Gasteiger partial charge in [0.2, 0.25) is 0 Å². The first kappa shape index (κ1) is 14.1. The molecular formula is C12H14FNO4. The van der Waals surface area contributed by atoms with Crippen LogP contribution in [-0.2, 0) is 4.79 Å². The number of nitrogens with zero attached hydrogens (tertiary/aromatic N) is 1. The van der Waals surface area contributed by atoms with Gasteiger partial charge >= 0.3 is 5.97 Å². The number of nitro groups is 1. The van der Waals surface area contributed by atoms with E-state index in [-0.39, 0.29) is 23.6 Å². The molecule has 1 aromatic rings. The highest BCUT2D eigenvalue weighted by Gasteiger charge is 2.25. The van der Waals surface area contributed by atoms with Crippen molar-refractivity contribution in [3.63, 3.8) is 0 Å². The lowest BCUT2D eigenvalue weighted by molar-refractivity contribution is -0.385. The maximum absolute atomic E-state index is 13.7. The first-order valence-corrected chi connectivity index (χ1v) is 5.49. The number of carboxylic acids is 1. The minimum absolute atomic E-state index is 0.0122. The van der Waals surface area contributed by atoms with Crippen LogP contribution in [0.3, 0.4) is 0 Å². The van der Waals surface area contributed by atoms with Gasteiger partial charge < -0.3 is 5.11 Å². The van der Waals surface area contributed by atoms with Crippen LogP contribution >= 0.6 is 0 Å². The van der Waals surface area contributed by atoms with Crippen molar-refractivity contribution in [3.05, 3.63) is 39.7 Å². The minimum Gasteiger partial charge on any atom is -0.481 e. The summed E-state index contributed by atoms with van der Waals surface area (Å²) in [7, 11) is 0. The highest BCUT2D eigenvalue weighted by Crippen LogP contribution is 2.28. The fourth-order valence-electron chi connectivity index (χ4n) is 1.74. The molecule has 1 aromatic carbocycles. The average molecular weight is 255 g/mol. The van der Waals surface area contributed by atoms with Crippen molar-refractivity contribution < 1.29 is 19.2 Å². The van der Waals surface area contributed by atoms with Gasteiger partial charge in [-0.2, -0.15) is 0 Å². The maximum Gasteiger partial charge on any atom is 0.311 e. The summed E-state index contributed by atoms with van der Waals surface area (Å²) in [5.74, 6) is -2.87. The zero-order chi connectivity index (χ0) is 13.9. The molecule has 0 saturated heterocycles. The lowest BCUT2D eigenvalue weighted by Gasteiger charge is -2.15. The first-order chi connectivity index (χ1) is 8.32. The summed E-state index contributed by atoms with van der Waals surface area (Å²) >= 11 is 0. The van der Waals surface area contributed by atoms with Crippen LogP contribution in [0.15, 0.2) is 18.2 Å². The summed E-state index contributed by atoms with van der Waals surface area (Å²) in [6, 6.07) is 3.05. The third kappa shape index (κ3) is 3.26. The van der Waals surface area contributed by atoms with Gasteiger partial charge in [-0.3, -0.25) is 14.9 Å². The van der Waals surface area contributed by atoms with E-state index in [4.69, 9.17) is 5.11 Å². The molecule has 18 heavy (non-hydrogen) atoms. The van der Waals surface area contributed by atoms with Crippen molar-refractivity contribution in [1.29, 1.82) is 0 Å². The maximum atomic E-state index is 13.7. The number of halogens is 1. The van der Waals surface area contributed by atoms with Crippen molar-refractivity contribution in [2.75, 3.05) is 0 Å². The largest absolute Gasteiger partial charge is 0.481 e.